The van der Waals surface area contributed by atoms with E-state index in [9.17, 15) is 19.2 Å². The van der Waals surface area contributed by atoms with Crippen molar-refractivity contribution in [2.24, 2.45) is 0 Å². The maximum atomic E-state index is 13.4. The first kappa shape index (κ1) is 24.0. The second-order valence-corrected chi connectivity index (χ2v) is 9.59. The summed E-state index contributed by atoms with van der Waals surface area (Å²) in [5.41, 5.74) is -0.852. The molecule has 0 unspecified atom stereocenters. The number of carbonyl (C=O) groups excluding carboxylic acids is 4. The molecule has 0 bridgehead atoms. The number of hydrogen-bond donors (Lipinski definition) is 0. The molecule has 2 fully saturated rings. The quantitative estimate of drug-likeness (QED) is 0.350. The number of piperidine rings is 1. The number of urea groups is 1. The Morgan fingerprint density at radius 3 is 2.19 bits per heavy atom. The van der Waals surface area contributed by atoms with E-state index < -0.39 is 29.2 Å². The fraction of sp³-hybridized carbons (Fsp3) is 0.545. The first-order valence-electron chi connectivity index (χ1n) is 10.4. The summed E-state index contributed by atoms with van der Waals surface area (Å²) in [6.07, 6.45) is 0.137. The van der Waals surface area contributed by atoms with Gasteiger partial charge in [0, 0.05) is 30.7 Å². The van der Waals surface area contributed by atoms with Crippen LogP contribution in [-0.4, -0.2) is 77.0 Å². The third-order valence-corrected chi connectivity index (χ3v) is 5.95. The van der Waals surface area contributed by atoms with Gasteiger partial charge < -0.3 is 14.4 Å². The molecular weight excluding hydrogens is 482 g/mol. The minimum Gasteiger partial charge on any atom is -0.465 e. The lowest BCUT2D eigenvalue weighted by Gasteiger charge is -2.42. The molecule has 1 aromatic rings. The van der Waals surface area contributed by atoms with Crippen molar-refractivity contribution in [2.75, 3.05) is 37.0 Å². The zero-order valence-corrected chi connectivity index (χ0v) is 20.3. The van der Waals surface area contributed by atoms with E-state index in [1.54, 1.807) is 49.9 Å². The Balaban J connectivity index is 1.90. The van der Waals surface area contributed by atoms with Crippen LogP contribution in [0.15, 0.2) is 24.3 Å². The Morgan fingerprint density at radius 1 is 1.09 bits per heavy atom. The van der Waals surface area contributed by atoms with Gasteiger partial charge in [-0.3, -0.25) is 14.6 Å². The summed E-state index contributed by atoms with van der Waals surface area (Å²) >= 11 is 3.31. The molecule has 10 heteroatoms. The highest BCUT2D eigenvalue weighted by Crippen LogP contribution is 2.41. The lowest BCUT2D eigenvalue weighted by molar-refractivity contribution is -0.132. The third-order valence-electron chi connectivity index (χ3n) is 5.59. The molecule has 2 aliphatic heterocycles. The number of ether oxygens (including phenoxy) is 2. The standard InChI is InChI=1S/C22H28BrN3O6/c1-21(2,3)32-20(30)24-12-9-22(10-13-24)18(28)25(14-11-23)19(29)26(22)16-7-5-15(6-8-16)17(27)31-4/h5-8H,9-14H2,1-4H3. The summed E-state index contributed by atoms with van der Waals surface area (Å²) in [4.78, 5) is 55.3. The van der Waals surface area contributed by atoms with Gasteiger partial charge in [-0.05, 0) is 57.9 Å². The number of benzene rings is 1. The maximum absolute atomic E-state index is 13.4. The van der Waals surface area contributed by atoms with E-state index in [0.29, 0.717) is 16.6 Å². The Labute approximate surface area is 195 Å². The van der Waals surface area contributed by atoms with E-state index in [4.69, 9.17) is 9.47 Å². The number of rotatable bonds is 4. The van der Waals surface area contributed by atoms with E-state index in [2.05, 4.69) is 15.9 Å². The van der Waals surface area contributed by atoms with Crippen molar-refractivity contribution < 1.29 is 28.7 Å². The Kier molecular flexibility index (Phi) is 6.83. The van der Waals surface area contributed by atoms with Gasteiger partial charge in [-0.2, -0.15) is 0 Å². The summed E-state index contributed by atoms with van der Waals surface area (Å²) < 4.78 is 10.2. The largest absolute Gasteiger partial charge is 0.465 e. The Morgan fingerprint density at radius 2 is 1.69 bits per heavy atom. The summed E-state index contributed by atoms with van der Waals surface area (Å²) in [5, 5.41) is 0.458. The predicted molar refractivity (Wildman–Crippen MR) is 121 cm³/mol. The highest BCUT2D eigenvalue weighted by atomic mass is 79.9. The van der Waals surface area contributed by atoms with Crippen LogP contribution >= 0.6 is 15.9 Å². The molecule has 0 N–H and O–H groups in total. The van der Waals surface area contributed by atoms with Gasteiger partial charge >= 0.3 is 18.1 Å². The molecule has 3 rings (SSSR count). The predicted octanol–water partition coefficient (Wildman–Crippen LogP) is 3.41. The van der Waals surface area contributed by atoms with Crippen molar-refractivity contribution in [3.8, 4) is 0 Å². The minimum absolute atomic E-state index is 0.242. The van der Waals surface area contributed by atoms with Crippen molar-refractivity contribution in [3.63, 3.8) is 0 Å². The van der Waals surface area contributed by atoms with Crippen molar-refractivity contribution in [2.45, 2.75) is 44.8 Å². The normalized spacial score (nSPS) is 18.3. The molecule has 1 spiro atoms. The molecule has 2 aliphatic rings. The van der Waals surface area contributed by atoms with Gasteiger partial charge in [-0.15, -0.1) is 0 Å². The Hall–Kier alpha value is -2.62. The molecule has 9 nitrogen and oxygen atoms in total. The van der Waals surface area contributed by atoms with E-state index in [1.165, 1.54) is 16.9 Å². The van der Waals surface area contributed by atoms with E-state index >= 15 is 0 Å². The number of carbonyl (C=O) groups is 4. The highest BCUT2D eigenvalue weighted by Gasteiger charge is 2.58. The third kappa shape index (κ3) is 4.46. The number of anilines is 1. The number of alkyl halides is 1. The van der Waals surface area contributed by atoms with Crippen molar-refractivity contribution in [1.29, 1.82) is 0 Å². The molecule has 1 aromatic carbocycles. The number of imide groups is 1. The van der Waals surface area contributed by atoms with Gasteiger partial charge in [0.15, 0.2) is 0 Å². The van der Waals surface area contributed by atoms with Crippen LogP contribution in [0.1, 0.15) is 44.0 Å². The molecule has 2 saturated heterocycles. The molecule has 0 aliphatic carbocycles. The molecular formula is C22H28BrN3O6. The SMILES string of the molecule is COC(=O)c1ccc(N2C(=O)N(CCBr)C(=O)C23CCN(C(=O)OC(C)(C)C)CC3)cc1. The summed E-state index contributed by atoms with van der Waals surface area (Å²) in [7, 11) is 1.30. The highest BCUT2D eigenvalue weighted by molar-refractivity contribution is 9.09. The first-order valence-corrected chi connectivity index (χ1v) is 11.5. The fourth-order valence-electron chi connectivity index (χ4n) is 4.06. The molecule has 174 valence electrons. The fourth-order valence-corrected chi connectivity index (χ4v) is 4.42. The lowest BCUT2D eigenvalue weighted by Crippen LogP contribution is -2.58. The average molecular weight is 510 g/mol. The van der Waals surface area contributed by atoms with Gasteiger partial charge in [0.05, 0.1) is 12.7 Å². The van der Waals surface area contributed by atoms with Crippen LogP contribution in [-0.2, 0) is 14.3 Å². The van der Waals surface area contributed by atoms with Crippen LogP contribution in [0.4, 0.5) is 15.3 Å². The van der Waals surface area contributed by atoms with Gasteiger partial charge in [0.1, 0.15) is 11.1 Å². The smallest absolute Gasteiger partial charge is 0.410 e. The zero-order chi connectivity index (χ0) is 23.7. The van der Waals surface area contributed by atoms with Crippen LogP contribution in [0.3, 0.4) is 0 Å². The summed E-state index contributed by atoms with van der Waals surface area (Å²) in [5.74, 6) is -0.760. The van der Waals surface area contributed by atoms with E-state index in [-0.39, 0.29) is 38.4 Å². The van der Waals surface area contributed by atoms with Gasteiger partial charge in [-0.1, -0.05) is 15.9 Å². The minimum atomic E-state index is -1.09. The van der Waals surface area contributed by atoms with Crippen molar-refractivity contribution in [1.82, 2.24) is 9.80 Å². The monoisotopic (exact) mass is 509 g/mol. The molecule has 0 radical (unpaired) electrons. The molecule has 0 atom stereocenters. The second kappa shape index (κ2) is 9.09. The Bertz CT molecular complexity index is 903. The molecule has 2 heterocycles. The zero-order valence-electron chi connectivity index (χ0n) is 18.7. The van der Waals surface area contributed by atoms with Gasteiger partial charge in [-0.25, -0.2) is 14.4 Å². The van der Waals surface area contributed by atoms with E-state index in [1.807, 2.05) is 0 Å². The number of hydrogen-bond acceptors (Lipinski definition) is 6. The number of likely N-dealkylation sites (tertiary alicyclic amines) is 1. The lowest BCUT2D eigenvalue weighted by atomic mass is 9.85. The maximum Gasteiger partial charge on any atom is 0.410 e. The number of nitrogens with zero attached hydrogens (tertiary/aromatic N) is 3. The molecule has 32 heavy (non-hydrogen) atoms. The molecule has 0 aromatic heterocycles. The molecule has 0 saturated carbocycles. The number of esters is 1. The van der Waals surface area contributed by atoms with Crippen LogP contribution in [0.5, 0.6) is 0 Å². The number of halogens is 1. The molecule has 4 amide bonds. The van der Waals surface area contributed by atoms with Crippen LogP contribution in [0.25, 0.3) is 0 Å². The summed E-state index contributed by atoms with van der Waals surface area (Å²) in [6.45, 7) is 6.21. The van der Waals surface area contributed by atoms with Crippen LogP contribution in [0.2, 0.25) is 0 Å². The topological polar surface area (TPSA) is 96.5 Å². The van der Waals surface area contributed by atoms with Crippen LogP contribution in [0, 0.1) is 0 Å². The second-order valence-electron chi connectivity index (χ2n) is 8.80. The van der Waals surface area contributed by atoms with Gasteiger partial charge in [0.2, 0.25) is 0 Å². The van der Waals surface area contributed by atoms with E-state index in [0.717, 1.165) is 0 Å². The van der Waals surface area contributed by atoms with Crippen LogP contribution < -0.4 is 4.90 Å². The van der Waals surface area contributed by atoms with Crippen molar-refractivity contribution in [3.05, 3.63) is 29.8 Å². The first-order chi connectivity index (χ1) is 15.0. The van der Waals surface area contributed by atoms with Crippen molar-refractivity contribution >= 4 is 45.6 Å². The number of amides is 4. The average Bonchev–Trinajstić information content (AvgIpc) is 2.94. The summed E-state index contributed by atoms with van der Waals surface area (Å²) in [6, 6.07) is 5.99. The van der Waals surface area contributed by atoms with Gasteiger partial charge in [0.25, 0.3) is 5.91 Å². The number of methoxy groups -OCH3 is 1.